The van der Waals surface area contributed by atoms with E-state index in [2.05, 4.69) is 80.4 Å². The Bertz CT molecular complexity index is 1070. The van der Waals surface area contributed by atoms with Crippen molar-refractivity contribution >= 4 is 40.3 Å². The first-order valence-corrected chi connectivity index (χ1v) is 9.27. The standard InChI is InChI=1S/C24H25N3/c1-24(2,3)18-8-6-9-19(15-18)26-23(25)27(4)21-14-13-17-12-11-16-7-5-10-20(21)22(16)17/h5-15H,1-4H3,(H2,25,26). The summed E-state index contributed by atoms with van der Waals surface area (Å²) in [6.45, 7) is 6.60. The molecule has 3 nitrogen and oxygen atoms in total. The molecule has 3 aromatic carbocycles. The van der Waals surface area contributed by atoms with Crippen molar-refractivity contribution in [2.45, 2.75) is 26.2 Å². The van der Waals surface area contributed by atoms with Crippen LogP contribution in [-0.2, 0) is 5.41 Å². The molecule has 1 aliphatic rings. The van der Waals surface area contributed by atoms with Crippen LogP contribution in [0, 0.1) is 0 Å². The lowest BCUT2D eigenvalue weighted by Gasteiger charge is -2.22. The third-order valence-electron chi connectivity index (χ3n) is 5.19. The van der Waals surface area contributed by atoms with Gasteiger partial charge in [-0.15, -0.1) is 0 Å². The molecule has 3 aromatic rings. The predicted octanol–water partition coefficient (Wildman–Crippen LogP) is 5.70. The second-order valence-corrected chi connectivity index (χ2v) is 8.11. The molecule has 0 amide bonds. The van der Waals surface area contributed by atoms with Gasteiger partial charge in [0.05, 0.1) is 11.4 Å². The van der Waals surface area contributed by atoms with E-state index in [9.17, 15) is 0 Å². The molecule has 27 heavy (non-hydrogen) atoms. The zero-order valence-electron chi connectivity index (χ0n) is 16.3. The highest BCUT2D eigenvalue weighted by atomic mass is 15.2. The van der Waals surface area contributed by atoms with Gasteiger partial charge in [-0.25, -0.2) is 4.99 Å². The van der Waals surface area contributed by atoms with Crippen molar-refractivity contribution in [2.24, 2.45) is 10.7 Å². The minimum absolute atomic E-state index is 0.0802. The van der Waals surface area contributed by atoms with Crippen LogP contribution in [0.25, 0.3) is 22.9 Å². The summed E-state index contributed by atoms with van der Waals surface area (Å²) in [4.78, 5) is 6.64. The first kappa shape index (κ1) is 17.3. The van der Waals surface area contributed by atoms with Crippen LogP contribution in [0.2, 0.25) is 0 Å². The van der Waals surface area contributed by atoms with Crippen LogP contribution in [-0.4, -0.2) is 13.0 Å². The number of hydrogen-bond acceptors (Lipinski definition) is 1. The van der Waals surface area contributed by atoms with E-state index in [1.165, 1.54) is 27.5 Å². The number of benzene rings is 3. The molecule has 0 aliphatic heterocycles. The summed E-state index contributed by atoms with van der Waals surface area (Å²) in [5.41, 5.74) is 12.2. The van der Waals surface area contributed by atoms with Gasteiger partial charge in [0, 0.05) is 12.4 Å². The third kappa shape index (κ3) is 3.10. The number of rotatable bonds is 2. The summed E-state index contributed by atoms with van der Waals surface area (Å²) >= 11 is 0. The minimum Gasteiger partial charge on any atom is -0.369 e. The van der Waals surface area contributed by atoms with Gasteiger partial charge in [-0.05, 0) is 45.7 Å². The molecule has 0 aromatic heterocycles. The zero-order chi connectivity index (χ0) is 19.2. The lowest BCUT2D eigenvalue weighted by Crippen LogP contribution is -2.33. The fraction of sp³-hybridized carbons (Fsp3) is 0.208. The molecular weight excluding hydrogens is 330 g/mol. The molecule has 1 aliphatic carbocycles. The molecule has 0 unspecified atom stereocenters. The highest BCUT2D eigenvalue weighted by molar-refractivity contribution is 6.12. The summed E-state index contributed by atoms with van der Waals surface area (Å²) in [7, 11) is 1.97. The first-order chi connectivity index (χ1) is 12.8. The minimum atomic E-state index is 0.0802. The Kier molecular flexibility index (Phi) is 4.03. The number of guanidine groups is 1. The molecule has 3 heteroatoms. The molecule has 0 saturated heterocycles. The molecule has 0 fully saturated rings. The monoisotopic (exact) mass is 355 g/mol. The maximum absolute atomic E-state index is 6.38. The van der Waals surface area contributed by atoms with E-state index in [-0.39, 0.29) is 5.41 Å². The van der Waals surface area contributed by atoms with Gasteiger partial charge in [-0.2, -0.15) is 0 Å². The van der Waals surface area contributed by atoms with E-state index in [0.717, 1.165) is 11.4 Å². The Labute approximate surface area is 160 Å². The van der Waals surface area contributed by atoms with E-state index in [4.69, 9.17) is 5.73 Å². The van der Waals surface area contributed by atoms with E-state index in [0.29, 0.717) is 5.96 Å². The normalized spacial score (nSPS) is 13.4. The highest BCUT2D eigenvalue weighted by Gasteiger charge is 2.16. The third-order valence-corrected chi connectivity index (χ3v) is 5.19. The van der Waals surface area contributed by atoms with Gasteiger partial charge in [0.1, 0.15) is 0 Å². The van der Waals surface area contributed by atoms with Crippen molar-refractivity contribution in [2.75, 3.05) is 11.9 Å². The summed E-state index contributed by atoms with van der Waals surface area (Å²) in [5.74, 6) is 0.479. The Balaban J connectivity index is 1.73. The molecule has 0 heterocycles. The van der Waals surface area contributed by atoms with Crippen LogP contribution in [0.4, 0.5) is 11.4 Å². The lowest BCUT2D eigenvalue weighted by atomic mass is 9.87. The number of hydrogen-bond donors (Lipinski definition) is 1. The Hall–Kier alpha value is -3.07. The van der Waals surface area contributed by atoms with Gasteiger partial charge in [0.2, 0.25) is 5.96 Å². The number of aliphatic imine (C=N–C) groups is 1. The van der Waals surface area contributed by atoms with Crippen molar-refractivity contribution in [3.63, 3.8) is 0 Å². The van der Waals surface area contributed by atoms with E-state index < -0.39 is 0 Å². The molecule has 136 valence electrons. The van der Waals surface area contributed by atoms with Crippen molar-refractivity contribution in [3.05, 3.63) is 71.3 Å². The second kappa shape index (κ2) is 6.27. The Morgan fingerprint density at radius 1 is 0.926 bits per heavy atom. The van der Waals surface area contributed by atoms with Crippen LogP contribution >= 0.6 is 0 Å². The summed E-state index contributed by atoms with van der Waals surface area (Å²) in [6, 6.07) is 18.9. The topological polar surface area (TPSA) is 41.6 Å². The van der Waals surface area contributed by atoms with E-state index in [1.807, 2.05) is 24.1 Å². The van der Waals surface area contributed by atoms with Gasteiger partial charge in [0.25, 0.3) is 0 Å². The summed E-state index contributed by atoms with van der Waals surface area (Å²) < 4.78 is 0. The van der Waals surface area contributed by atoms with Crippen molar-refractivity contribution < 1.29 is 0 Å². The zero-order valence-corrected chi connectivity index (χ0v) is 16.3. The molecule has 0 spiro atoms. The quantitative estimate of drug-likeness (QED) is 0.370. The number of anilines is 1. The summed E-state index contributed by atoms with van der Waals surface area (Å²) in [5, 5.41) is 2.48. The smallest absolute Gasteiger partial charge is 0.200 e. The molecule has 0 bridgehead atoms. The van der Waals surface area contributed by atoms with E-state index >= 15 is 0 Å². The van der Waals surface area contributed by atoms with Crippen molar-refractivity contribution in [3.8, 4) is 0 Å². The molecule has 4 rings (SSSR count). The van der Waals surface area contributed by atoms with Gasteiger partial charge < -0.3 is 10.6 Å². The molecule has 0 saturated carbocycles. The Morgan fingerprint density at radius 3 is 2.37 bits per heavy atom. The van der Waals surface area contributed by atoms with Crippen LogP contribution in [0.5, 0.6) is 0 Å². The number of nitrogens with two attached hydrogens (primary N) is 1. The SMILES string of the molecule is CN(C(N)=Nc1cccc(C(C)(C)C)c1)c1ccc2c3c(cccc13)C=C2. The molecular formula is C24H25N3. The molecule has 0 radical (unpaired) electrons. The van der Waals surface area contributed by atoms with Crippen molar-refractivity contribution in [1.82, 2.24) is 0 Å². The van der Waals surface area contributed by atoms with Gasteiger partial charge in [-0.1, -0.05) is 69.3 Å². The van der Waals surface area contributed by atoms with Gasteiger partial charge in [-0.3, -0.25) is 0 Å². The largest absolute Gasteiger partial charge is 0.369 e. The Morgan fingerprint density at radius 2 is 1.63 bits per heavy atom. The van der Waals surface area contributed by atoms with Crippen molar-refractivity contribution in [1.29, 1.82) is 0 Å². The van der Waals surface area contributed by atoms with Crippen LogP contribution in [0.15, 0.2) is 59.6 Å². The highest BCUT2D eigenvalue weighted by Crippen LogP contribution is 2.36. The average Bonchev–Trinajstić information content (AvgIpc) is 3.06. The second-order valence-electron chi connectivity index (χ2n) is 8.11. The molecule has 0 atom stereocenters. The lowest BCUT2D eigenvalue weighted by molar-refractivity contribution is 0.590. The fourth-order valence-corrected chi connectivity index (χ4v) is 3.57. The van der Waals surface area contributed by atoms with Gasteiger partial charge in [0.15, 0.2) is 0 Å². The average molecular weight is 355 g/mol. The maximum Gasteiger partial charge on any atom is 0.200 e. The molecule has 2 N–H and O–H groups in total. The predicted molar refractivity (Wildman–Crippen MR) is 118 cm³/mol. The van der Waals surface area contributed by atoms with Crippen LogP contribution < -0.4 is 10.6 Å². The number of nitrogens with zero attached hydrogens (tertiary/aromatic N) is 2. The van der Waals surface area contributed by atoms with Crippen LogP contribution in [0.3, 0.4) is 0 Å². The fourth-order valence-electron chi connectivity index (χ4n) is 3.57. The van der Waals surface area contributed by atoms with Gasteiger partial charge >= 0.3 is 0 Å². The maximum atomic E-state index is 6.38. The first-order valence-electron chi connectivity index (χ1n) is 9.27. The summed E-state index contributed by atoms with van der Waals surface area (Å²) in [6.07, 6.45) is 4.33. The van der Waals surface area contributed by atoms with E-state index in [1.54, 1.807) is 0 Å². The van der Waals surface area contributed by atoms with Crippen LogP contribution in [0.1, 0.15) is 37.5 Å².